The van der Waals surface area contributed by atoms with E-state index in [1.807, 2.05) is 0 Å². The van der Waals surface area contributed by atoms with Crippen molar-refractivity contribution in [3.05, 3.63) is 0 Å². The second-order valence-corrected chi connectivity index (χ2v) is 15.1. The monoisotopic (exact) mass is 425 g/mol. The molecular weight excluding hydrogens is 389 g/mol. The van der Waals surface area contributed by atoms with Gasteiger partial charge in [0.15, 0.2) is 8.32 Å². The van der Waals surface area contributed by atoms with Crippen LogP contribution < -0.4 is 0 Å². The van der Waals surface area contributed by atoms with E-state index in [4.69, 9.17) is 18.3 Å². The van der Waals surface area contributed by atoms with Gasteiger partial charge in [0.2, 0.25) is 0 Å². The van der Waals surface area contributed by atoms with Crippen LogP contribution in [0.3, 0.4) is 0 Å². The van der Waals surface area contributed by atoms with E-state index < -0.39 is 27.9 Å². The van der Waals surface area contributed by atoms with Crippen molar-refractivity contribution in [1.29, 1.82) is 0 Å². The average Bonchev–Trinajstić information content (AvgIpc) is 2.57. The second-order valence-electron chi connectivity index (χ2n) is 8.10. The van der Waals surface area contributed by atoms with E-state index in [-0.39, 0.29) is 29.3 Å². The Morgan fingerprint density at radius 2 is 1.59 bits per heavy atom. The van der Waals surface area contributed by atoms with Crippen LogP contribution in [-0.2, 0) is 32.5 Å². The van der Waals surface area contributed by atoms with Gasteiger partial charge in [-0.25, -0.2) is 5.06 Å². The first kappa shape index (κ1) is 26.4. The molecule has 2 atom stereocenters. The fraction of sp³-hybridized carbons (Fsp3) is 0.882. The van der Waals surface area contributed by atoms with Crippen molar-refractivity contribution in [2.75, 3.05) is 34.5 Å². The molecule has 0 aliphatic rings. The third-order valence-corrected chi connectivity index (χ3v) is 11.5. The van der Waals surface area contributed by atoms with E-state index in [9.17, 15) is 14.2 Å². The fourth-order valence-corrected chi connectivity index (χ4v) is 4.49. The fourth-order valence-electron chi connectivity index (χ4n) is 2.12. The summed E-state index contributed by atoms with van der Waals surface area (Å²) in [5, 5.41) is 1.02. The van der Waals surface area contributed by atoms with Gasteiger partial charge in [0, 0.05) is 27.7 Å². The smallest absolute Gasteiger partial charge is 0.337 e. The van der Waals surface area contributed by atoms with Gasteiger partial charge in [-0.15, -0.1) is 0 Å². The van der Waals surface area contributed by atoms with E-state index in [1.165, 1.54) is 28.4 Å². The Balaban J connectivity index is 5.57. The Bertz CT molecular complexity index is 554. The Hall–Kier alpha value is -0.573. The molecule has 0 fully saturated rings. The van der Waals surface area contributed by atoms with Crippen LogP contribution in [0.5, 0.6) is 0 Å². The van der Waals surface area contributed by atoms with Crippen LogP contribution in [0.1, 0.15) is 34.1 Å². The number of amides is 1. The van der Waals surface area contributed by atoms with Gasteiger partial charge < -0.3 is 13.5 Å². The van der Waals surface area contributed by atoms with Gasteiger partial charge in [0.1, 0.15) is 11.9 Å². The maximum Gasteiger partial charge on any atom is 0.337 e. The van der Waals surface area contributed by atoms with Crippen LogP contribution in [0.15, 0.2) is 0 Å². The highest BCUT2D eigenvalue weighted by Gasteiger charge is 2.42. The molecule has 0 aromatic heterocycles. The van der Waals surface area contributed by atoms with Gasteiger partial charge in [0.05, 0.1) is 19.1 Å². The lowest BCUT2D eigenvalue weighted by Crippen LogP contribution is -2.48. The summed E-state index contributed by atoms with van der Waals surface area (Å²) < 4.78 is 28.3. The lowest BCUT2D eigenvalue weighted by atomic mass is 9.99. The van der Waals surface area contributed by atoms with Crippen molar-refractivity contribution < 1.29 is 32.5 Å². The maximum absolute atomic E-state index is 12.6. The summed E-state index contributed by atoms with van der Waals surface area (Å²) >= 11 is 0. The van der Waals surface area contributed by atoms with Crippen molar-refractivity contribution in [2.45, 2.75) is 58.4 Å². The molecule has 0 rings (SSSR count). The van der Waals surface area contributed by atoms with Crippen LogP contribution in [0.2, 0.25) is 18.1 Å². The van der Waals surface area contributed by atoms with Crippen LogP contribution in [0.4, 0.5) is 0 Å². The number of nitrogens with zero attached hydrogens (tertiary/aromatic N) is 1. The summed E-state index contributed by atoms with van der Waals surface area (Å²) in [7, 11) is -0.351. The maximum atomic E-state index is 12.6. The Kier molecular flexibility index (Phi) is 10.1. The highest BCUT2D eigenvalue weighted by molar-refractivity contribution is 7.54. The predicted octanol–water partition coefficient (Wildman–Crippen LogP) is 3.48. The van der Waals surface area contributed by atoms with Crippen LogP contribution in [-0.4, -0.2) is 65.7 Å². The molecule has 160 valence electrons. The number of carbonyl (C=O) groups excluding carboxylic acids is 2. The molecule has 0 aromatic rings. The summed E-state index contributed by atoms with van der Waals surface area (Å²) in [6.07, 6.45) is -1.09. The molecule has 0 N–H and O–H groups in total. The van der Waals surface area contributed by atoms with E-state index in [1.54, 1.807) is 6.92 Å². The molecule has 27 heavy (non-hydrogen) atoms. The number of ketones is 1. The normalized spacial score (nSPS) is 15.3. The SMILES string of the molecule is CON(C)C(=O)[C@H](C)[C@H](CC(=O)CP(=O)(OC)OC)O[Si](C)(C)C(C)(C)C. The summed E-state index contributed by atoms with van der Waals surface area (Å²) in [5.41, 5.74) is 0. The second kappa shape index (κ2) is 10.3. The largest absolute Gasteiger partial charge is 0.413 e. The van der Waals surface area contributed by atoms with E-state index in [2.05, 4.69) is 33.9 Å². The summed E-state index contributed by atoms with van der Waals surface area (Å²) in [6.45, 7) is 12.0. The number of Topliss-reactive ketones (excluding diaryl/α,β-unsaturated/α-hetero) is 1. The first-order chi connectivity index (χ1) is 12.1. The van der Waals surface area contributed by atoms with E-state index >= 15 is 0 Å². The highest BCUT2D eigenvalue weighted by Crippen LogP contribution is 2.46. The molecule has 0 aromatic carbocycles. The van der Waals surface area contributed by atoms with E-state index in [0.717, 1.165) is 5.06 Å². The first-order valence-electron chi connectivity index (χ1n) is 8.85. The van der Waals surface area contributed by atoms with Crippen molar-refractivity contribution in [3.63, 3.8) is 0 Å². The molecule has 1 amide bonds. The molecule has 0 aliphatic carbocycles. The number of hydrogen-bond donors (Lipinski definition) is 0. The summed E-state index contributed by atoms with van der Waals surface area (Å²) in [6, 6.07) is 0. The Morgan fingerprint density at radius 1 is 1.11 bits per heavy atom. The number of hydroxylamine groups is 2. The van der Waals surface area contributed by atoms with Gasteiger partial charge in [-0.3, -0.25) is 19.0 Å². The van der Waals surface area contributed by atoms with Crippen molar-refractivity contribution in [2.24, 2.45) is 5.92 Å². The minimum absolute atomic E-state index is 0.0618. The quantitative estimate of drug-likeness (QED) is 0.284. The highest BCUT2D eigenvalue weighted by atomic mass is 31.2. The van der Waals surface area contributed by atoms with Gasteiger partial charge in [-0.1, -0.05) is 27.7 Å². The molecule has 0 radical (unpaired) electrons. The third-order valence-electron chi connectivity index (χ3n) is 5.14. The van der Waals surface area contributed by atoms with Crippen LogP contribution in [0.25, 0.3) is 0 Å². The molecule has 0 heterocycles. The molecule has 0 saturated carbocycles. The molecule has 0 unspecified atom stereocenters. The summed E-state index contributed by atoms with van der Waals surface area (Å²) in [5.74, 6) is -1.25. The standard InChI is InChI=1S/C17H36NO7PSi/c1-13(16(20)18(5)22-6)15(25-27(9,10)17(2,3)4)11-14(19)12-26(21,23-7)24-8/h13,15H,11-12H2,1-10H3/t13-,15+/m1/s1. The average molecular weight is 426 g/mol. The zero-order chi connectivity index (χ0) is 21.6. The molecule has 0 saturated heterocycles. The molecule has 10 heteroatoms. The third kappa shape index (κ3) is 7.75. The van der Waals surface area contributed by atoms with Crippen molar-refractivity contribution >= 4 is 27.6 Å². The van der Waals surface area contributed by atoms with Gasteiger partial charge >= 0.3 is 7.60 Å². The van der Waals surface area contributed by atoms with Gasteiger partial charge in [0.25, 0.3) is 5.91 Å². The zero-order valence-electron chi connectivity index (χ0n) is 18.3. The van der Waals surface area contributed by atoms with Gasteiger partial charge in [-0.05, 0) is 18.1 Å². The van der Waals surface area contributed by atoms with Crippen molar-refractivity contribution in [1.82, 2.24) is 5.06 Å². The lowest BCUT2D eigenvalue weighted by molar-refractivity contribution is -0.176. The first-order valence-corrected chi connectivity index (χ1v) is 13.5. The minimum Gasteiger partial charge on any atom is -0.413 e. The number of hydrogen-bond acceptors (Lipinski definition) is 7. The molecule has 0 spiro atoms. The lowest BCUT2D eigenvalue weighted by Gasteiger charge is -2.40. The minimum atomic E-state index is -3.47. The Morgan fingerprint density at radius 3 is 1.96 bits per heavy atom. The topological polar surface area (TPSA) is 91.4 Å². The Labute approximate surface area is 164 Å². The van der Waals surface area contributed by atoms with Crippen LogP contribution >= 0.6 is 7.60 Å². The number of carbonyl (C=O) groups is 2. The molecule has 0 bridgehead atoms. The van der Waals surface area contributed by atoms with E-state index in [0.29, 0.717) is 0 Å². The van der Waals surface area contributed by atoms with Gasteiger partial charge in [-0.2, -0.15) is 0 Å². The van der Waals surface area contributed by atoms with Crippen LogP contribution in [0, 0.1) is 5.92 Å². The molecule has 8 nitrogen and oxygen atoms in total. The summed E-state index contributed by atoms with van der Waals surface area (Å²) in [4.78, 5) is 30.1. The number of rotatable bonds is 11. The zero-order valence-corrected chi connectivity index (χ0v) is 20.2. The van der Waals surface area contributed by atoms with Crippen molar-refractivity contribution in [3.8, 4) is 0 Å². The molecule has 0 aliphatic heterocycles. The molecular formula is C17H36NO7PSi. The predicted molar refractivity (Wildman–Crippen MR) is 107 cm³/mol.